The van der Waals surface area contributed by atoms with Crippen LogP contribution in [0.1, 0.15) is 15.9 Å². The van der Waals surface area contributed by atoms with Gasteiger partial charge < -0.3 is 5.32 Å². The average Bonchev–Trinajstić information content (AvgIpc) is 2.43. The number of nitro groups is 1. The van der Waals surface area contributed by atoms with Gasteiger partial charge in [-0.1, -0.05) is 23.2 Å². The van der Waals surface area contributed by atoms with Crippen molar-refractivity contribution < 1.29 is 14.1 Å². The molecule has 0 fully saturated rings. The Labute approximate surface area is 124 Å². The summed E-state index contributed by atoms with van der Waals surface area (Å²) in [6.07, 6.45) is 0. The molecule has 1 N–H and O–H groups in total. The first kappa shape index (κ1) is 14.9. The van der Waals surface area contributed by atoms with Crippen molar-refractivity contribution in [2.75, 3.05) is 5.32 Å². The van der Waals surface area contributed by atoms with E-state index in [2.05, 4.69) is 5.32 Å². The van der Waals surface area contributed by atoms with Crippen LogP contribution in [0.5, 0.6) is 0 Å². The van der Waals surface area contributed by atoms with E-state index in [1.807, 2.05) is 0 Å². The first-order valence-electron chi connectivity index (χ1n) is 5.90. The largest absolute Gasteiger partial charge is 0.322 e. The number of carbonyl (C=O) groups excluding carboxylic acids is 1. The van der Waals surface area contributed by atoms with Crippen molar-refractivity contribution in [2.24, 2.45) is 0 Å². The Kier molecular flexibility index (Phi) is 4.18. The second-order valence-corrected chi connectivity index (χ2v) is 4.77. The number of nitro benzene ring substituents is 1. The van der Waals surface area contributed by atoms with E-state index >= 15 is 0 Å². The van der Waals surface area contributed by atoms with Gasteiger partial charge in [-0.3, -0.25) is 14.9 Å². The van der Waals surface area contributed by atoms with E-state index in [1.54, 1.807) is 13.0 Å². The molecular weight excluding hydrogens is 299 g/mol. The summed E-state index contributed by atoms with van der Waals surface area (Å²) in [6, 6.07) is 7.94. The molecule has 108 valence electrons. The van der Waals surface area contributed by atoms with Crippen LogP contribution < -0.4 is 5.32 Å². The zero-order valence-corrected chi connectivity index (χ0v) is 11.6. The summed E-state index contributed by atoms with van der Waals surface area (Å²) in [5.74, 6) is -1.35. The number of halogens is 2. The van der Waals surface area contributed by atoms with E-state index in [4.69, 9.17) is 11.6 Å². The highest BCUT2D eigenvalue weighted by atomic mass is 35.5. The van der Waals surface area contributed by atoms with E-state index in [1.165, 1.54) is 24.3 Å². The van der Waals surface area contributed by atoms with Crippen LogP contribution in [-0.2, 0) is 0 Å². The third kappa shape index (κ3) is 3.35. The number of carbonyl (C=O) groups is 1. The maximum atomic E-state index is 13.6. The molecule has 0 spiro atoms. The zero-order chi connectivity index (χ0) is 15.6. The summed E-state index contributed by atoms with van der Waals surface area (Å²) >= 11 is 5.68. The molecule has 0 saturated heterocycles. The third-order valence-electron chi connectivity index (χ3n) is 2.77. The van der Waals surface area contributed by atoms with Crippen LogP contribution in [0.15, 0.2) is 36.4 Å². The standard InChI is InChI=1S/C14H10ClFN2O3/c1-8-2-5-12(16)10(6-8)14(19)17-9-3-4-11(15)13(7-9)18(20)21/h2-7H,1H3,(H,17,19). The van der Waals surface area contributed by atoms with Crippen molar-refractivity contribution in [3.63, 3.8) is 0 Å². The Hall–Kier alpha value is -2.47. The van der Waals surface area contributed by atoms with Crippen molar-refractivity contribution >= 4 is 28.9 Å². The molecule has 0 aromatic heterocycles. The second-order valence-electron chi connectivity index (χ2n) is 4.36. The van der Waals surface area contributed by atoms with Crippen molar-refractivity contribution in [1.82, 2.24) is 0 Å². The minimum Gasteiger partial charge on any atom is -0.322 e. The number of benzene rings is 2. The molecule has 0 aliphatic rings. The predicted molar refractivity (Wildman–Crippen MR) is 77.2 cm³/mol. The molecule has 2 aromatic carbocycles. The SMILES string of the molecule is Cc1ccc(F)c(C(=O)Nc2ccc(Cl)c([N+](=O)[O-])c2)c1. The van der Waals surface area contributed by atoms with Gasteiger partial charge in [0.1, 0.15) is 10.8 Å². The van der Waals surface area contributed by atoms with E-state index < -0.39 is 16.6 Å². The molecule has 0 aliphatic heterocycles. The highest BCUT2D eigenvalue weighted by Gasteiger charge is 2.16. The summed E-state index contributed by atoms with van der Waals surface area (Å²) < 4.78 is 13.6. The molecule has 0 aliphatic carbocycles. The molecule has 21 heavy (non-hydrogen) atoms. The highest BCUT2D eigenvalue weighted by Crippen LogP contribution is 2.27. The van der Waals surface area contributed by atoms with Crippen LogP contribution in [0, 0.1) is 22.9 Å². The zero-order valence-electron chi connectivity index (χ0n) is 10.9. The van der Waals surface area contributed by atoms with Gasteiger partial charge in [-0.15, -0.1) is 0 Å². The number of hydrogen-bond donors (Lipinski definition) is 1. The molecule has 0 atom stereocenters. The molecule has 1 amide bonds. The molecule has 0 radical (unpaired) electrons. The second kappa shape index (κ2) is 5.88. The number of amides is 1. The van der Waals surface area contributed by atoms with Gasteiger partial charge >= 0.3 is 0 Å². The summed E-state index contributed by atoms with van der Waals surface area (Å²) in [4.78, 5) is 22.1. The van der Waals surface area contributed by atoms with Gasteiger partial charge in [0.15, 0.2) is 0 Å². The third-order valence-corrected chi connectivity index (χ3v) is 3.09. The number of anilines is 1. The van der Waals surface area contributed by atoms with Crippen molar-refractivity contribution in [3.05, 3.63) is 68.5 Å². The maximum absolute atomic E-state index is 13.6. The van der Waals surface area contributed by atoms with Gasteiger partial charge in [0, 0.05) is 11.8 Å². The van der Waals surface area contributed by atoms with E-state index in [-0.39, 0.29) is 22.0 Å². The fraction of sp³-hybridized carbons (Fsp3) is 0.0714. The van der Waals surface area contributed by atoms with E-state index in [9.17, 15) is 19.3 Å². The van der Waals surface area contributed by atoms with Gasteiger partial charge in [-0.05, 0) is 31.2 Å². The van der Waals surface area contributed by atoms with Gasteiger partial charge in [-0.25, -0.2) is 4.39 Å². The first-order chi connectivity index (χ1) is 9.88. The summed E-state index contributed by atoms with van der Waals surface area (Å²) in [6.45, 7) is 1.73. The molecule has 0 saturated carbocycles. The van der Waals surface area contributed by atoms with E-state index in [0.29, 0.717) is 0 Å². The van der Waals surface area contributed by atoms with Gasteiger partial charge in [0.25, 0.3) is 11.6 Å². The molecule has 2 aromatic rings. The number of nitrogens with zero attached hydrogens (tertiary/aromatic N) is 1. The Bertz CT molecular complexity index is 734. The normalized spacial score (nSPS) is 10.2. The van der Waals surface area contributed by atoms with Gasteiger partial charge in [-0.2, -0.15) is 0 Å². The lowest BCUT2D eigenvalue weighted by molar-refractivity contribution is -0.384. The number of nitrogens with one attached hydrogen (secondary N) is 1. The lowest BCUT2D eigenvalue weighted by Crippen LogP contribution is -2.14. The maximum Gasteiger partial charge on any atom is 0.289 e. The summed E-state index contributed by atoms with van der Waals surface area (Å²) in [7, 11) is 0. The highest BCUT2D eigenvalue weighted by molar-refractivity contribution is 6.32. The van der Waals surface area contributed by atoms with Crippen LogP contribution >= 0.6 is 11.6 Å². The predicted octanol–water partition coefficient (Wildman–Crippen LogP) is 3.95. The quantitative estimate of drug-likeness (QED) is 0.689. The summed E-state index contributed by atoms with van der Waals surface area (Å²) in [5.41, 5.74) is 0.424. The Morgan fingerprint density at radius 1 is 1.29 bits per heavy atom. The van der Waals surface area contributed by atoms with Crippen LogP contribution in [0.25, 0.3) is 0 Å². The van der Waals surface area contributed by atoms with Gasteiger partial charge in [0.05, 0.1) is 10.5 Å². The Balaban J connectivity index is 2.29. The van der Waals surface area contributed by atoms with Crippen LogP contribution in [-0.4, -0.2) is 10.8 Å². The topological polar surface area (TPSA) is 72.2 Å². The molecule has 2 rings (SSSR count). The van der Waals surface area contributed by atoms with Crippen molar-refractivity contribution in [2.45, 2.75) is 6.92 Å². The van der Waals surface area contributed by atoms with Crippen LogP contribution in [0.3, 0.4) is 0 Å². The molecule has 7 heteroatoms. The fourth-order valence-corrected chi connectivity index (χ4v) is 1.93. The van der Waals surface area contributed by atoms with Crippen molar-refractivity contribution in [3.8, 4) is 0 Å². The van der Waals surface area contributed by atoms with Gasteiger partial charge in [0.2, 0.25) is 0 Å². The smallest absolute Gasteiger partial charge is 0.289 e. The minimum absolute atomic E-state index is 0.0419. The molecular formula is C14H10ClFN2O3. The minimum atomic E-state index is -0.687. The first-order valence-corrected chi connectivity index (χ1v) is 6.27. The number of aryl methyl sites for hydroxylation is 1. The van der Waals surface area contributed by atoms with Crippen LogP contribution in [0.2, 0.25) is 5.02 Å². The molecule has 0 unspecified atom stereocenters. The monoisotopic (exact) mass is 308 g/mol. The number of hydrogen-bond acceptors (Lipinski definition) is 3. The molecule has 0 bridgehead atoms. The lowest BCUT2D eigenvalue weighted by Gasteiger charge is -2.07. The molecule has 0 heterocycles. The number of rotatable bonds is 3. The fourth-order valence-electron chi connectivity index (χ4n) is 1.74. The van der Waals surface area contributed by atoms with E-state index in [0.717, 1.165) is 11.6 Å². The lowest BCUT2D eigenvalue weighted by atomic mass is 10.1. The Morgan fingerprint density at radius 2 is 2.00 bits per heavy atom. The summed E-state index contributed by atoms with van der Waals surface area (Å²) in [5, 5.41) is 13.1. The molecule has 5 nitrogen and oxygen atoms in total. The van der Waals surface area contributed by atoms with Crippen LogP contribution in [0.4, 0.5) is 15.8 Å². The Morgan fingerprint density at radius 3 is 2.67 bits per heavy atom. The van der Waals surface area contributed by atoms with Crippen molar-refractivity contribution in [1.29, 1.82) is 0 Å². The average molecular weight is 309 g/mol.